The predicted octanol–water partition coefficient (Wildman–Crippen LogP) is 5.39. The highest BCUT2D eigenvalue weighted by Crippen LogP contribution is 2.46. The summed E-state index contributed by atoms with van der Waals surface area (Å²) in [4.78, 5) is 31.0. The predicted molar refractivity (Wildman–Crippen MR) is 192 cm³/mol. The number of carbonyl (C=O) groups is 2. The molecule has 1 saturated heterocycles. The third kappa shape index (κ3) is 6.50. The normalized spacial score (nSPS) is 34.4. The number of nitrogens with one attached hydrogen (secondary N) is 1. The maximum Gasteiger partial charge on any atom is 0.262 e. The highest BCUT2D eigenvalue weighted by molar-refractivity contribution is 7.99. The van der Waals surface area contributed by atoms with Crippen molar-refractivity contribution in [3.8, 4) is 5.75 Å². The minimum atomic E-state index is -3.02. The van der Waals surface area contributed by atoms with E-state index in [9.17, 15) is 18.9 Å². The molecule has 0 aromatic heterocycles. The molecule has 258 valence electrons. The third-order valence-electron chi connectivity index (χ3n) is 11.9. The van der Waals surface area contributed by atoms with Crippen LogP contribution in [0.1, 0.15) is 73.9 Å². The molecule has 2 aromatic carbocycles. The molecule has 8 nitrogen and oxygen atoms in total. The molecule has 1 saturated carbocycles. The SMILES string of the molecule is C=S1(=O)NC(=O)c2ccc3c(c2)N(C[C@@H]2CC[C@H]2/C=C/[C@@H](CC(=O)N2CC(O)C2)C[C@H](C)[C@H]1C)C[C@@]1(CCCc2cc(Cl)ccc21)CO3. The summed E-state index contributed by atoms with van der Waals surface area (Å²) in [6.07, 6.45) is 10.3. The van der Waals surface area contributed by atoms with E-state index in [1.165, 1.54) is 11.1 Å². The van der Waals surface area contributed by atoms with Crippen molar-refractivity contribution in [3.63, 3.8) is 0 Å². The van der Waals surface area contributed by atoms with Gasteiger partial charge >= 0.3 is 0 Å². The van der Waals surface area contributed by atoms with E-state index in [-0.39, 0.29) is 23.2 Å². The Bertz CT molecular complexity index is 1720. The van der Waals surface area contributed by atoms with Gasteiger partial charge in [-0.05, 0) is 116 Å². The molecule has 2 fully saturated rings. The molecule has 3 aliphatic heterocycles. The Hall–Kier alpha value is -3.01. The minimum Gasteiger partial charge on any atom is -0.490 e. The number of allylic oxidation sites excluding steroid dienone is 2. The minimum absolute atomic E-state index is 0.0351. The zero-order valence-corrected chi connectivity index (χ0v) is 29.6. The van der Waals surface area contributed by atoms with Crippen LogP contribution in [0.3, 0.4) is 0 Å². The van der Waals surface area contributed by atoms with Crippen molar-refractivity contribution in [1.82, 2.24) is 9.62 Å². The number of aliphatic hydroxyl groups is 1. The van der Waals surface area contributed by atoms with Crippen LogP contribution in [0.4, 0.5) is 5.69 Å². The van der Waals surface area contributed by atoms with Crippen LogP contribution in [-0.4, -0.2) is 76.0 Å². The first kappa shape index (κ1) is 33.5. The number of benzene rings is 2. The van der Waals surface area contributed by atoms with Gasteiger partial charge in [0.05, 0.1) is 28.1 Å². The number of halogens is 1. The molecule has 5 aliphatic rings. The van der Waals surface area contributed by atoms with Crippen LogP contribution in [0.15, 0.2) is 48.6 Å². The average Bonchev–Trinajstić information content (AvgIpc) is 3.17. The molecule has 1 unspecified atom stereocenters. The molecule has 48 heavy (non-hydrogen) atoms. The van der Waals surface area contributed by atoms with Gasteiger partial charge < -0.3 is 19.6 Å². The zero-order chi connectivity index (χ0) is 33.8. The number of hydrogen-bond acceptors (Lipinski definition) is 6. The zero-order valence-electron chi connectivity index (χ0n) is 28.0. The smallest absolute Gasteiger partial charge is 0.262 e. The number of hydrogen-bond donors (Lipinski definition) is 2. The molecule has 7 rings (SSSR count). The number of rotatable bonds is 2. The number of fused-ring (bicyclic) bond motifs is 4. The Labute approximate surface area is 290 Å². The molecule has 7 atom stereocenters. The van der Waals surface area contributed by atoms with Crippen LogP contribution >= 0.6 is 11.6 Å². The van der Waals surface area contributed by atoms with Crippen molar-refractivity contribution in [3.05, 3.63) is 70.3 Å². The van der Waals surface area contributed by atoms with Crippen molar-refractivity contribution in [2.24, 2.45) is 23.7 Å². The van der Waals surface area contributed by atoms with Gasteiger partial charge in [0.2, 0.25) is 5.91 Å². The highest BCUT2D eigenvalue weighted by atomic mass is 35.5. The summed E-state index contributed by atoms with van der Waals surface area (Å²) in [5.41, 5.74) is 3.67. The standard InChI is InChI=1S/C38H48ClN3O5S/c1-24-15-26(16-36(44)41-20-32(43)21-41)6-7-27-8-9-30(27)19-42-22-38(14-4-5-28-17-31(39)11-12-33(28)38)23-47-35-13-10-29(18-34(35)42)37(45)40-48(3,46)25(24)2/h6-7,10-13,17-18,24-27,30,32,43H,3-5,8-9,14-16,19-23H2,1-2H3,(H,40,45,46)/b7-6+/t24-,25+,26+,27+,30-,38-,48?/m0/s1. The summed E-state index contributed by atoms with van der Waals surface area (Å²) < 4.78 is 23.4. The van der Waals surface area contributed by atoms with E-state index < -0.39 is 27.0 Å². The lowest BCUT2D eigenvalue weighted by Gasteiger charge is -2.44. The van der Waals surface area contributed by atoms with E-state index in [4.69, 9.17) is 16.3 Å². The first-order chi connectivity index (χ1) is 22.9. The number of carbonyl (C=O) groups excluding carboxylic acids is 2. The second-order valence-corrected chi connectivity index (χ2v) is 18.0. The molecule has 1 spiro atoms. The Morgan fingerprint density at radius 1 is 1.15 bits per heavy atom. The summed E-state index contributed by atoms with van der Waals surface area (Å²) in [5, 5.41) is 10.1. The fourth-order valence-electron chi connectivity index (χ4n) is 8.51. The molecular weight excluding hydrogens is 646 g/mol. The van der Waals surface area contributed by atoms with Crippen molar-refractivity contribution >= 4 is 44.7 Å². The lowest BCUT2D eigenvalue weighted by atomic mass is 9.69. The van der Waals surface area contributed by atoms with Gasteiger partial charge in [-0.15, -0.1) is 0 Å². The Morgan fingerprint density at radius 3 is 2.71 bits per heavy atom. The average molecular weight is 694 g/mol. The van der Waals surface area contributed by atoms with E-state index in [0.717, 1.165) is 61.7 Å². The lowest BCUT2D eigenvalue weighted by Crippen LogP contribution is -2.53. The molecule has 0 radical (unpaired) electrons. The number of anilines is 1. The van der Waals surface area contributed by atoms with Gasteiger partial charge in [-0.2, -0.15) is 0 Å². The number of nitrogens with zero attached hydrogens (tertiary/aromatic N) is 2. The molecular formula is C38H48ClN3O5S. The van der Waals surface area contributed by atoms with E-state index in [2.05, 4.69) is 39.8 Å². The van der Waals surface area contributed by atoms with Gasteiger partial charge in [-0.3, -0.25) is 14.3 Å². The Kier molecular flexibility index (Phi) is 9.09. The van der Waals surface area contributed by atoms with Gasteiger partial charge in [-0.25, -0.2) is 4.21 Å². The van der Waals surface area contributed by atoms with Crippen molar-refractivity contribution in [2.45, 2.75) is 75.6 Å². The van der Waals surface area contributed by atoms with Crippen LogP contribution in [0.5, 0.6) is 5.75 Å². The summed E-state index contributed by atoms with van der Waals surface area (Å²) in [6, 6.07) is 11.8. The number of ether oxygens (including phenoxy) is 1. The third-order valence-corrected chi connectivity index (χ3v) is 14.3. The topological polar surface area (TPSA) is 99.2 Å². The van der Waals surface area contributed by atoms with Gasteiger partial charge in [0.15, 0.2) is 0 Å². The van der Waals surface area contributed by atoms with Gasteiger partial charge in [-0.1, -0.05) is 36.7 Å². The number of likely N-dealkylation sites (tertiary alicyclic amines) is 1. The molecule has 2 bridgehead atoms. The Balaban J connectivity index is 1.24. The molecule has 2 N–H and O–H groups in total. The van der Waals surface area contributed by atoms with E-state index in [1.54, 1.807) is 11.0 Å². The van der Waals surface area contributed by atoms with Crippen LogP contribution in [0, 0.1) is 23.7 Å². The number of aliphatic hydroxyl groups excluding tert-OH is 1. The maximum absolute atomic E-state index is 14.0. The van der Waals surface area contributed by atoms with E-state index in [1.807, 2.05) is 32.0 Å². The van der Waals surface area contributed by atoms with Crippen molar-refractivity contribution in [2.75, 3.05) is 37.7 Å². The fraction of sp³-hybridized carbons (Fsp3) is 0.553. The van der Waals surface area contributed by atoms with E-state index >= 15 is 0 Å². The van der Waals surface area contributed by atoms with E-state index in [0.29, 0.717) is 49.9 Å². The summed E-state index contributed by atoms with van der Waals surface area (Å²) in [5.74, 6) is 5.07. The largest absolute Gasteiger partial charge is 0.490 e. The summed E-state index contributed by atoms with van der Waals surface area (Å²) >= 11 is 6.44. The van der Waals surface area contributed by atoms with Gasteiger partial charge in [0.1, 0.15) is 5.75 Å². The van der Waals surface area contributed by atoms with Crippen molar-refractivity contribution in [1.29, 1.82) is 0 Å². The van der Waals surface area contributed by atoms with Gasteiger partial charge in [0, 0.05) is 53.9 Å². The second kappa shape index (κ2) is 13.0. The second-order valence-electron chi connectivity index (χ2n) is 15.2. The first-order valence-electron chi connectivity index (χ1n) is 17.5. The lowest BCUT2D eigenvalue weighted by molar-refractivity contribution is -0.142. The molecule has 3 heterocycles. The molecule has 2 aromatic rings. The molecule has 2 aliphatic carbocycles. The number of aryl methyl sites for hydroxylation is 1. The fourth-order valence-corrected chi connectivity index (χ4v) is 10.2. The molecule has 10 heteroatoms. The number of amides is 2. The van der Waals surface area contributed by atoms with Gasteiger partial charge in [0.25, 0.3) is 5.91 Å². The van der Waals surface area contributed by atoms with Crippen molar-refractivity contribution < 1.29 is 23.6 Å². The maximum atomic E-state index is 14.0. The van der Waals surface area contributed by atoms with Crippen LogP contribution in [0.2, 0.25) is 5.02 Å². The summed E-state index contributed by atoms with van der Waals surface area (Å²) in [7, 11) is -3.02. The van der Waals surface area contributed by atoms with Crippen LogP contribution < -0.4 is 14.4 Å². The van der Waals surface area contributed by atoms with Crippen LogP contribution in [-0.2, 0) is 26.3 Å². The highest BCUT2D eigenvalue weighted by Gasteiger charge is 2.43. The summed E-state index contributed by atoms with van der Waals surface area (Å²) in [6.45, 7) is 6.77. The number of β-amino-alcohol motifs (C(OH)–C–C–N with tert-alkyl or cyclic N) is 1. The molecule has 2 amide bonds. The first-order valence-corrected chi connectivity index (χ1v) is 19.7. The Morgan fingerprint density at radius 2 is 1.96 bits per heavy atom. The van der Waals surface area contributed by atoms with Crippen LogP contribution in [0.25, 0.3) is 0 Å². The quantitative estimate of drug-likeness (QED) is 0.323. The monoisotopic (exact) mass is 693 g/mol.